The third-order valence-corrected chi connectivity index (χ3v) is 6.86. The summed E-state index contributed by atoms with van der Waals surface area (Å²) >= 11 is 0. The number of carbonyl (C=O) groups is 1. The van der Waals surface area contributed by atoms with Crippen LogP contribution in [0.4, 0.5) is 19.0 Å². The summed E-state index contributed by atoms with van der Waals surface area (Å²) in [6.07, 6.45) is -0.0225. The molecule has 2 aliphatic heterocycles. The summed E-state index contributed by atoms with van der Waals surface area (Å²) in [4.78, 5) is 21.2. The first-order chi connectivity index (χ1) is 15.3. The number of nitrogens with one attached hydrogen (secondary N) is 1. The molecular formula is C23H35F3N4O2. The van der Waals surface area contributed by atoms with Crippen molar-refractivity contribution in [3.8, 4) is 0 Å². The average Bonchev–Trinajstić information content (AvgIpc) is 2.82. The number of morpholine rings is 1. The lowest BCUT2D eigenvalue weighted by Gasteiger charge is -2.39. The zero-order chi connectivity index (χ0) is 23.1. The number of ether oxygens (including phenoxy) is 1. The Kier molecular flexibility index (Phi) is 8.76. The van der Waals surface area contributed by atoms with Crippen molar-refractivity contribution in [2.45, 2.75) is 51.7 Å². The van der Waals surface area contributed by atoms with Crippen molar-refractivity contribution in [1.82, 2.24) is 15.2 Å². The second-order valence-corrected chi connectivity index (χ2v) is 8.70. The molecule has 1 aromatic rings. The van der Waals surface area contributed by atoms with Gasteiger partial charge in [-0.2, -0.15) is 13.2 Å². The van der Waals surface area contributed by atoms with E-state index in [-0.39, 0.29) is 11.8 Å². The highest BCUT2D eigenvalue weighted by atomic mass is 19.4. The Hall–Kier alpha value is -1.87. The first-order valence-corrected chi connectivity index (χ1v) is 11.7. The van der Waals surface area contributed by atoms with Crippen LogP contribution < -0.4 is 10.2 Å². The lowest BCUT2D eigenvalue weighted by atomic mass is 9.91. The Morgan fingerprint density at radius 1 is 1.16 bits per heavy atom. The average molecular weight is 457 g/mol. The molecule has 2 aliphatic rings. The number of hydrogen-bond donors (Lipinski definition) is 1. The van der Waals surface area contributed by atoms with Crippen LogP contribution in [0.25, 0.3) is 0 Å². The molecule has 0 bridgehead atoms. The molecule has 0 spiro atoms. The van der Waals surface area contributed by atoms with E-state index >= 15 is 0 Å². The fourth-order valence-electron chi connectivity index (χ4n) is 4.80. The van der Waals surface area contributed by atoms with Crippen LogP contribution in [0, 0.1) is 11.8 Å². The SMILES string of the molecule is CCC(CC)C(CNC(=O)C1CCN(c2ccc(C(F)(F)F)cn2)CC1)N1CCOCC1. The molecule has 0 aliphatic carbocycles. The third-order valence-electron chi connectivity index (χ3n) is 6.86. The Labute approximate surface area is 188 Å². The van der Waals surface area contributed by atoms with Crippen molar-refractivity contribution < 1.29 is 22.7 Å². The molecule has 0 aromatic carbocycles. The second kappa shape index (κ2) is 11.3. The first-order valence-electron chi connectivity index (χ1n) is 11.7. The van der Waals surface area contributed by atoms with Gasteiger partial charge in [-0.1, -0.05) is 26.7 Å². The summed E-state index contributed by atoms with van der Waals surface area (Å²) in [5.74, 6) is 1.06. The molecule has 9 heteroatoms. The van der Waals surface area contributed by atoms with Crippen molar-refractivity contribution in [2.75, 3.05) is 50.8 Å². The maximum absolute atomic E-state index is 12.9. The quantitative estimate of drug-likeness (QED) is 0.648. The van der Waals surface area contributed by atoms with Gasteiger partial charge in [0, 0.05) is 50.9 Å². The van der Waals surface area contributed by atoms with Crippen LogP contribution in [0.1, 0.15) is 45.1 Å². The van der Waals surface area contributed by atoms with Crippen LogP contribution in [0.5, 0.6) is 0 Å². The van der Waals surface area contributed by atoms with Crippen molar-refractivity contribution in [3.63, 3.8) is 0 Å². The number of nitrogens with zero attached hydrogens (tertiary/aromatic N) is 3. The molecule has 6 nitrogen and oxygen atoms in total. The van der Waals surface area contributed by atoms with Crippen molar-refractivity contribution >= 4 is 11.7 Å². The van der Waals surface area contributed by atoms with Gasteiger partial charge >= 0.3 is 6.18 Å². The first kappa shape index (κ1) is 24.8. The zero-order valence-corrected chi connectivity index (χ0v) is 19.0. The minimum Gasteiger partial charge on any atom is -0.379 e. The van der Waals surface area contributed by atoms with Gasteiger partial charge in [0.05, 0.1) is 18.8 Å². The summed E-state index contributed by atoms with van der Waals surface area (Å²) in [5.41, 5.74) is -0.747. The Morgan fingerprint density at radius 2 is 1.81 bits per heavy atom. The number of pyridine rings is 1. The van der Waals surface area contributed by atoms with E-state index in [1.54, 1.807) is 0 Å². The highest BCUT2D eigenvalue weighted by Gasteiger charge is 2.32. The molecule has 1 N–H and O–H groups in total. The lowest BCUT2D eigenvalue weighted by molar-refractivity contribution is -0.137. The zero-order valence-electron chi connectivity index (χ0n) is 19.0. The Morgan fingerprint density at radius 3 is 2.34 bits per heavy atom. The molecule has 1 atom stereocenters. The minimum atomic E-state index is -4.38. The Bertz CT molecular complexity index is 711. The van der Waals surface area contributed by atoms with Crippen LogP contribution >= 0.6 is 0 Å². The number of amides is 1. The summed E-state index contributed by atoms with van der Waals surface area (Å²) in [7, 11) is 0. The topological polar surface area (TPSA) is 57.7 Å². The van der Waals surface area contributed by atoms with Gasteiger partial charge in [-0.05, 0) is 30.9 Å². The van der Waals surface area contributed by atoms with Gasteiger partial charge in [0.1, 0.15) is 5.82 Å². The van der Waals surface area contributed by atoms with E-state index in [2.05, 4.69) is 29.0 Å². The van der Waals surface area contributed by atoms with Gasteiger partial charge in [-0.15, -0.1) is 0 Å². The van der Waals surface area contributed by atoms with Crippen LogP contribution in [-0.4, -0.2) is 67.8 Å². The van der Waals surface area contributed by atoms with Crippen LogP contribution in [-0.2, 0) is 15.7 Å². The van der Waals surface area contributed by atoms with E-state index < -0.39 is 11.7 Å². The molecule has 1 aromatic heterocycles. The number of rotatable bonds is 8. The van der Waals surface area contributed by atoms with E-state index in [1.165, 1.54) is 6.07 Å². The molecule has 180 valence electrons. The summed E-state index contributed by atoms with van der Waals surface area (Å²) in [5, 5.41) is 3.20. The van der Waals surface area contributed by atoms with Crippen LogP contribution in [0.2, 0.25) is 0 Å². The fraction of sp³-hybridized carbons (Fsp3) is 0.739. The highest BCUT2D eigenvalue weighted by molar-refractivity contribution is 5.79. The van der Waals surface area contributed by atoms with Gasteiger partial charge in [0.2, 0.25) is 5.91 Å². The van der Waals surface area contributed by atoms with Crippen molar-refractivity contribution in [3.05, 3.63) is 23.9 Å². The normalized spacial score (nSPS) is 19.9. The molecule has 0 radical (unpaired) electrons. The number of halogens is 3. The number of piperidine rings is 1. The number of anilines is 1. The van der Waals surface area contributed by atoms with E-state index in [1.807, 2.05) is 4.90 Å². The van der Waals surface area contributed by atoms with Crippen molar-refractivity contribution in [1.29, 1.82) is 0 Å². The minimum absolute atomic E-state index is 0.0762. The molecule has 2 saturated heterocycles. The highest BCUT2D eigenvalue weighted by Crippen LogP contribution is 2.30. The van der Waals surface area contributed by atoms with Crippen LogP contribution in [0.15, 0.2) is 18.3 Å². The summed E-state index contributed by atoms with van der Waals surface area (Å²) in [6.45, 7) is 9.54. The third kappa shape index (κ3) is 6.34. The smallest absolute Gasteiger partial charge is 0.379 e. The van der Waals surface area contributed by atoms with Crippen LogP contribution in [0.3, 0.4) is 0 Å². The van der Waals surface area contributed by atoms with E-state index in [9.17, 15) is 18.0 Å². The van der Waals surface area contributed by atoms with E-state index in [0.29, 0.717) is 50.3 Å². The summed E-state index contributed by atoms with van der Waals surface area (Å²) in [6, 6.07) is 2.78. The number of alkyl halides is 3. The molecule has 3 heterocycles. The van der Waals surface area contributed by atoms with Gasteiger partial charge in [-0.25, -0.2) is 4.98 Å². The molecule has 1 unspecified atom stereocenters. The summed E-state index contributed by atoms with van der Waals surface area (Å²) < 4.78 is 43.7. The van der Waals surface area contributed by atoms with E-state index in [0.717, 1.165) is 51.4 Å². The largest absolute Gasteiger partial charge is 0.417 e. The number of hydrogen-bond acceptors (Lipinski definition) is 5. The maximum Gasteiger partial charge on any atom is 0.417 e. The predicted molar refractivity (Wildman–Crippen MR) is 117 cm³/mol. The maximum atomic E-state index is 12.9. The number of carbonyl (C=O) groups excluding carboxylic acids is 1. The molecular weight excluding hydrogens is 421 g/mol. The molecule has 1 amide bonds. The van der Waals surface area contributed by atoms with Gasteiger partial charge < -0.3 is 15.0 Å². The molecule has 3 rings (SSSR count). The monoisotopic (exact) mass is 456 g/mol. The second-order valence-electron chi connectivity index (χ2n) is 8.70. The molecule has 0 saturated carbocycles. The predicted octanol–water partition coefficient (Wildman–Crippen LogP) is 3.57. The lowest BCUT2D eigenvalue weighted by Crippen LogP contribution is -2.53. The Balaban J connectivity index is 1.51. The van der Waals surface area contributed by atoms with Crippen molar-refractivity contribution in [2.24, 2.45) is 11.8 Å². The number of aromatic nitrogens is 1. The van der Waals surface area contributed by atoms with E-state index in [4.69, 9.17) is 4.74 Å². The van der Waals surface area contributed by atoms with Gasteiger partial charge in [0.25, 0.3) is 0 Å². The fourth-order valence-corrected chi connectivity index (χ4v) is 4.80. The molecule has 2 fully saturated rings. The van der Waals surface area contributed by atoms with Gasteiger partial charge in [0.15, 0.2) is 0 Å². The molecule has 32 heavy (non-hydrogen) atoms. The van der Waals surface area contributed by atoms with Gasteiger partial charge in [-0.3, -0.25) is 9.69 Å². The standard InChI is InChI=1S/C23H35F3N4O2/c1-3-17(4-2)20(29-11-13-32-14-12-29)16-28-22(31)18-7-9-30(10-8-18)21-6-5-19(15-27-21)23(24,25)26/h5-6,15,17-18,20H,3-4,7-14,16H2,1-2H3,(H,28,31).